The van der Waals surface area contributed by atoms with Crippen molar-refractivity contribution in [2.75, 3.05) is 33.4 Å². The molecule has 1 aromatic carbocycles. The predicted molar refractivity (Wildman–Crippen MR) is 109 cm³/mol. The summed E-state index contributed by atoms with van der Waals surface area (Å²) in [6.07, 6.45) is 3.05. The van der Waals surface area contributed by atoms with Gasteiger partial charge in [0.25, 0.3) is 5.91 Å². The molecule has 0 bridgehead atoms. The highest BCUT2D eigenvalue weighted by atomic mass is 16.5. The predicted octanol–water partition coefficient (Wildman–Crippen LogP) is 2.39. The van der Waals surface area contributed by atoms with Crippen molar-refractivity contribution in [2.45, 2.75) is 57.3 Å². The summed E-state index contributed by atoms with van der Waals surface area (Å²) in [5.74, 6) is 0.485. The Hall–Kier alpha value is -2.12. The van der Waals surface area contributed by atoms with Gasteiger partial charge in [-0.25, -0.2) is 0 Å². The third kappa shape index (κ3) is 5.93. The average Bonchev–Trinajstić information content (AvgIpc) is 2.68. The van der Waals surface area contributed by atoms with Crippen molar-refractivity contribution in [3.63, 3.8) is 0 Å². The first-order chi connectivity index (χ1) is 13.9. The van der Waals surface area contributed by atoms with Crippen LogP contribution >= 0.6 is 0 Å². The van der Waals surface area contributed by atoms with Crippen LogP contribution in [0.3, 0.4) is 0 Å². The minimum atomic E-state index is -0.222. The SMILES string of the molecule is COCC(=O)N1CCC(Oc2ccccc2C(=O)N[C@@H]2CCOC(C)(C)C2)CC1. The smallest absolute Gasteiger partial charge is 0.255 e. The van der Waals surface area contributed by atoms with Crippen LogP contribution in [0.2, 0.25) is 0 Å². The first-order valence-corrected chi connectivity index (χ1v) is 10.3. The van der Waals surface area contributed by atoms with E-state index in [0.29, 0.717) is 31.0 Å². The first-order valence-electron chi connectivity index (χ1n) is 10.3. The number of ether oxygens (including phenoxy) is 3. The molecule has 2 heterocycles. The Morgan fingerprint density at radius 3 is 2.62 bits per heavy atom. The van der Waals surface area contributed by atoms with Crippen LogP contribution in [0.5, 0.6) is 5.75 Å². The second-order valence-corrected chi connectivity index (χ2v) is 8.40. The summed E-state index contributed by atoms with van der Waals surface area (Å²) in [5, 5.41) is 3.14. The molecule has 2 fully saturated rings. The third-order valence-electron chi connectivity index (χ3n) is 5.52. The van der Waals surface area contributed by atoms with E-state index in [4.69, 9.17) is 14.2 Å². The number of para-hydroxylation sites is 1. The molecule has 160 valence electrons. The van der Waals surface area contributed by atoms with Gasteiger partial charge in [-0.1, -0.05) is 12.1 Å². The van der Waals surface area contributed by atoms with Gasteiger partial charge in [0.1, 0.15) is 18.5 Å². The Balaban J connectivity index is 1.58. The number of piperidine rings is 1. The third-order valence-corrected chi connectivity index (χ3v) is 5.52. The molecule has 0 spiro atoms. The molecular weight excluding hydrogens is 372 g/mol. The van der Waals surface area contributed by atoms with Gasteiger partial charge in [-0.3, -0.25) is 9.59 Å². The van der Waals surface area contributed by atoms with E-state index in [9.17, 15) is 9.59 Å². The number of hydrogen-bond donors (Lipinski definition) is 1. The van der Waals surface area contributed by atoms with Gasteiger partial charge in [0.2, 0.25) is 5.91 Å². The molecule has 0 aromatic heterocycles. The van der Waals surface area contributed by atoms with E-state index in [-0.39, 0.29) is 36.2 Å². The molecule has 1 aromatic rings. The van der Waals surface area contributed by atoms with Gasteiger partial charge in [-0.05, 0) is 38.8 Å². The highest BCUT2D eigenvalue weighted by Crippen LogP contribution is 2.26. The molecule has 2 aliphatic heterocycles. The number of benzene rings is 1. The number of rotatable bonds is 6. The van der Waals surface area contributed by atoms with Crippen LogP contribution < -0.4 is 10.1 Å². The molecule has 2 amide bonds. The molecule has 1 atom stereocenters. The monoisotopic (exact) mass is 404 g/mol. The van der Waals surface area contributed by atoms with Gasteiger partial charge in [0, 0.05) is 45.7 Å². The molecule has 2 saturated heterocycles. The first kappa shape index (κ1) is 21.6. The van der Waals surface area contributed by atoms with Gasteiger partial charge >= 0.3 is 0 Å². The van der Waals surface area contributed by atoms with Crippen molar-refractivity contribution in [1.82, 2.24) is 10.2 Å². The maximum absolute atomic E-state index is 12.9. The topological polar surface area (TPSA) is 77.1 Å². The summed E-state index contributed by atoms with van der Waals surface area (Å²) in [7, 11) is 1.52. The molecule has 0 radical (unpaired) electrons. The van der Waals surface area contributed by atoms with Crippen LogP contribution in [-0.4, -0.2) is 67.9 Å². The lowest BCUT2D eigenvalue weighted by atomic mass is 9.93. The summed E-state index contributed by atoms with van der Waals surface area (Å²) in [6, 6.07) is 7.45. The quantitative estimate of drug-likeness (QED) is 0.788. The average molecular weight is 405 g/mol. The number of carbonyl (C=O) groups excluding carboxylic acids is 2. The fourth-order valence-corrected chi connectivity index (χ4v) is 3.99. The van der Waals surface area contributed by atoms with E-state index in [1.807, 2.05) is 32.0 Å². The molecule has 1 N–H and O–H groups in total. The summed E-state index contributed by atoms with van der Waals surface area (Å²) >= 11 is 0. The van der Waals surface area contributed by atoms with E-state index < -0.39 is 0 Å². The Kier molecular flexibility index (Phi) is 7.14. The molecule has 0 unspecified atom stereocenters. The Morgan fingerprint density at radius 2 is 1.93 bits per heavy atom. The molecule has 7 nitrogen and oxygen atoms in total. The van der Waals surface area contributed by atoms with Crippen molar-refractivity contribution in [3.8, 4) is 5.75 Å². The van der Waals surface area contributed by atoms with Crippen molar-refractivity contribution >= 4 is 11.8 Å². The summed E-state index contributed by atoms with van der Waals surface area (Å²) in [4.78, 5) is 26.6. The minimum absolute atomic E-state index is 0.00473. The second kappa shape index (κ2) is 9.59. The highest BCUT2D eigenvalue weighted by Gasteiger charge is 2.30. The van der Waals surface area contributed by atoms with Gasteiger partial charge in [0.05, 0.1) is 11.2 Å². The molecule has 2 aliphatic rings. The fraction of sp³-hybridized carbons (Fsp3) is 0.636. The van der Waals surface area contributed by atoms with Crippen LogP contribution in [0.25, 0.3) is 0 Å². The van der Waals surface area contributed by atoms with Crippen molar-refractivity contribution in [3.05, 3.63) is 29.8 Å². The minimum Gasteiger partial charge on any atom is -0.489 e. The van der Waals surface area contributed by atoms with E-state index in [1.165, 1.54) is 7.11 Å². The number of hydrogen-bond acceptors (Lipinski definition) is 5. The van der Waals surface area contributed by atoms with E-state index in [2.05, 4.69) is 5.32 Å². The number of methoxy groups -OCH3 is 1. The zero-order valence-corrected chi connectivity index (χ0v) is 17.6. The Bertz CT molecular complexity index is 713. The van der Waals surface area contributed by atoms with Crippen molar-refractivity contribution < 1.29 is 23.8 Å². The van der Waals surface area contributed by atoms with Gasteiger partial charge < -0.3 is 24.4 Å². The van der Waals surface area contributed by atoms with E-state index in [0.717, 1.165) is 25.7 Å². The molecule has 0 aliphatic carbocycles. The maximum atomic E-state index is 12.9. The van der Waals surface area contributed by atoms with Gasteiger partial charge in [-0.15, -0.1) is 0 Å². The zero-order chi connectivity index (χ0) is 20.9. The summed E-state index contributed by atoms with van der Waals surface area (Å²) in [5.41, 5.74) is 0.329. The second-order valence-electron chi connectivity index (χ2n) is 8.40. The lowest BCUT2D eigenvalue weighted by Crippen LogP contribution is -2.46. The van der Waals surface area contributed by atoms with Crippen molar-refractivity contribution in [1.29, 1.82) is 0 Å². The van der Waals surface area contributed by atoms with Gasteiger partial charge in [0.15, 0.2) is 0 Å². The Morgan fingerprint density at radius 1 is 1.21 bits per heavy atom. The maximum Gasteiger partial charge on any atom is 0.255 e. The standard InChI is InChI=1S/C22H32N2O5/c1-22(2)14-16(10-13-28-22)23-21(26)18-6-4-5-7-19(18)29-17-8-11-24(12-9-17)20(25)15-27-3/h4-7,16-17H,8-15H2,1-3H3,(H,23,26)/t16-/m1/s1. The fourth-order valence-electron chi connectivity index (χ4n) is 3.99. The summed E-state index contributed by atoms with van der Waals surface area (Å²) in [6.45, 7) is 6.13. The molecule has 7 heteroatoms. The Labute approximate surface area is 172 Å². The molecule has 29 heavy (non-hydrogen) atoms. The van der Waals surface area contributed by atoms with Crippen molar-refractivity contribution in [2.24, 2.45) is 0 Å². The highest BCUT2D eigenvalue weighted by molar-refractivity contribution is 5.97. The molecular formula is C22H32N2O5. The number of nitrogens with one attached hydrogen (secondary N) is 1. The van der Waals surface area contributed by atoms with E-state index in [1.54, 1.807) is 11.0 Å². The number of likely N-dealkylation sites (tertiary alicyclic amines) is 1. The largest absolute Gasteiger partial charge is 0.489 e. The van der Waals surface area contributed by atoms with Crippen LogP contribution in [0, 0.1) is 0 Å². The molecule has 3 rings (SSSR count). The lowest BCUT2D eigenvalue weighted by molar-refractivity contribution is -0.136. The normalized spacial score (nSPS) is 22.2. The number of nitrogens with zero attached hydrogens (tertiary/aromatic N) is 1. The van der Waals surface area contributed by atoms with Crippen LogP contribution in [0.4, 0.5) is 0 Å². The number of amides is 2. The van der Waals surface area contributed by atoms with E-state index >= 15 is 0 Å². The molecule has 0 saturated carbocycles. The van der Waals surface area contributed by atoms with Gasteiger partial charge in [-0.2, -0.15) is 0 Å². The summed E-state index contributed by atoms with van der Waals surface area (Å²) < 4.78 is 16.8. The van der Waals surface area contributed by atoms with Crippen LogP contribution in [0.15, 0.2) is 24.3 Å². The van der Waals surface area contributed by atoms with Crippen LogP contribution in [-0.2, 0) is 14.3 Å². The lowest BCUT2D eigenvalue weighted by Gasteiger charge is -2.36. The zero-order valence-electron chi connectivity index (χ0n) is 17.6. The number of carbonyl (C=O) groups is 2. The van der Waals surface area contributed by atoms with Crippen LogP contribution in [0.1, 0.15) is 49.9 Å².